The zero-order valence-electron chi connectivity index (χ0n) is 18.4. The van der Waals surface area contributed by atoms with Gasteiger partial charge in [-0.3, -0.25) is 4.99 Å². The van der Waals surface area contributed by atoms with Crippen molar-refractivity contribution < 1.29 is 14.6 Å². The molecule has 0 saturated carbocycles. The molecule has 2 rings (SSSR count). The molecular formula is C23H34IN3O3. The van der Waals surface area contributed by atoms with Crippen LogP contribution in [0.2, 0.25) is 0 Å². The predicted molar refractivity (Wildman–Crippen MR) is 133 cm³/mol. The first-order valence-electron chi connectivity index (χ1n) is 9.88. The summed E-state index contributed by atoms with van der Waals surface area (Å²) in [5.41, 5.74) is 1.86. The molecule has 0 heterocycles. The molecule has 3 N–H and O–H groups in total. The lowest BCUT2D eigenvalue weighted by Gasteiger charge is -2.24. The highest BCUT2D eigenvalue weighted by molar-refractivity contribution is 14.0. The van der Waals surface area contributed by atoms with Crippen LogP contribution in [0.25, 0.3) is 0 Å². The van der Waals surface area contributed by atoms with Gasteiger partial charge in [-0.25, -0.2) is 0 Å². The Hall–Kier alpha value is -2.00. The van der Waals surface area contributed by atoms with Crippen LogP contribution in [0, 0.1) is 0 Å². The van der Waals surface area contributed by atoms with Gasteiger partial charge in [-0.1, -0.05) is 44.2 Å². The fraction of sp³-hybridized carbons (Fsp3) is 0.435. The van der Waals surface area contributed by atoms with Crippen molar-refractivity contribution in [2.45, 2.75) is 32.3 Å². The number of hydrogen-bond donors (Lipinski definition) is 3. The molecule has 0 radical (unpaired) electrons. The summed E-state index contributed by atoms with van der Waals surface area (Å²) in [7, 11) is 3.18. The number of hydrogen-bond acceptors (Lipinski definition) is 4. The Kier molecular flexibility index (Phi) is 11.0. The third-order valence-electron chi connectivity index (χ3n) is 4.75. The third-order valence-corrected chi connectivity index (χ3v) is 4.75. The zero-order valence-corrected chi connectivity index (χ0v) is 20.8. The van der Waals surface area contributed by atoms with E-state index in [1.165, 1.54) is 5.56 Å². The molecule has 0 aromatic heterocycles. The molecule has 30 heavy (non-hydrogen) atoms. The van der Waals surface area contributed by atoms with Crippen LogP contribution in [0.5, 0.6) is 11.5 Å². The number of aliphatic hydroxyl groups is 1. The maximum Gasteiger partial charge on any atom is 0.191 e. The molecule has 2 aromatic rings. The van der Waals surface area contributed by atoms with E-state index in [-0.39, 0.29) is 29.4 Å². The Balaban J connectivity index is 0.00000450. The lowest BCUT2D eigenvalue weighted by atomic mass is 9.85. The summed E-state index contributed by atoms with van der Waals surface area (Å²) in [5.74, 6) is 1.96. The van der Waals surface area contributed by atoms with Crippen molar-refractivity contribution in [3.8, 4) is 11.5 Å². The molecule has 0 aliphatic carbocycles. The molecule has 0 amide bonds. The molecular weight excluding hydrogens is 493 g/mol. The van der Waals surface area contributed by atoms with E-state index in [0.717, 1.165) is 6.54 Å². The highest BCUT2D eigenvalue weighted by Gasteiger charge is 2.20. The van der Waals surface area contributed by atoms with Crippen LogP contribution in [0.1, 0.15) is 38.0 Å². The van der Waals surface area contributed by atoms with Gasteiger partial charge in [0.15, 0.2) is 5.96 Å². The SMILES string of the molecule is CCNC(=NCC(C)(C)c1ccccc1)NCC(O)c1cc(OC)cc(OC)c1.I. The second-order valence-corrected chi connectivity index (χ2v) is 7.49. The average Bonchev–Trinajstić information content (AvgIpc) is 2.75. The maximum atomic E-state index is 10.6. The van der Waals surface area contributed by atoms with Crippen LogP contribution >= 0.6 is 24.0 Å². The van der Waals surface area contributed by atoms with Crippen LogP contribution in [0.15, 0.2) is 53.5 Å². The lowest BCUT2D eigenvalue weighted by molar-refractivity contribution is 0.180. The van der Waals surface area contributed by atoms with Gasteiger partial charge in [0, 0.05) is 24.6 Å². The second-order valence-electron chi connectivity index (χ2n) is 7.49. The average molecular weight is 527 g/mol. The van der Waals surface area contributed by atoms with Gasteiger partial charge in [-0.05, 0) is 30.2 Å². The van der Waals surface area contributed by atoms with Crippen molar-refractivity contribution in [2.75, 3.05) is 33.9 Å². The standard InChI is InChI=1S/C23H33N3O3.HI/c1-6-24-22(26-16-23(2,3)18-10-8-7-9-11-18)25-15-21(27)17-12-19(28-4)14-20(13-17)29-5;/h7-14,21,27H,6,15-16H2,1-5H3,(H2,24,25,26);1H. The van der Waals surface area contributed by atoms with E-state index in [1.807, 2.05) is 25.1 Å². The number of nitrogens with zero attached hydrogens (tertiary/aromatic N) is 1. The van der Waals surface area contributed by atoms with Crippen LogP contribution < -0.4 is 20.1 Å². The highest BCUT2D eigenvalue weighted by atomic mass is 127. The maximum absolute atomic E-state index is 10.6. The molecule has 2 aromatic carbocycles. The highest BCUT2D eigenvalue weighted by Crippen LogP contribution is 2.26. The number of aliphatic hydroxyl groups excluding tert-OH is 1. The summed E-state index contributed by atoms with van der Waals surface area (Å²) in [5, 5.41) is 17.1. The van der Waals surface area contributed by atoms with Crippen molar-refractivity contribution in [1.29, 1.82) is 0 Å². The van der Waals surface area contributed by atoms with E-state index in [9.17, 15) is 5.11 Å². The van der Waals surface area contributed by atoms with E-state index in [2.05, 4.69) is 36.6 Å². The lowest BCUT2D eigenvalue weighted by Crippen LogP contribution is -2.40. The number of rotatable bonds is 9. The first-order chi connectivity index (χ1) is 13.9. The van der Waals surface area contributed by atoms with Crippen LogP contribution in [-0.4, -0.2) is 44.9 Å². The van der Waals surface area contributed by atoms with Crippen LogP contribution in [0.4, 0.5) is 0 Å². The van der Waals surface area contributed by atoms with Gasteiger partial charge in [0.25, 0.3) is 0 Å². The molecule has 0 fully saturated rings. The number of benzene rings is 2. The third kappa shape index (κ3) is 7.68. The number of methoxy groups -OCH3 is 2. The van der Waals surface area contributed by atoms with Gasteiger partial charge in [-0.2, -0.15) is 0 Å². The van der Waals surface area contributed by atoms with Gasteiger partial charge >= 0.3 is 0 Å². The first-order valence-corrected chi connectivity index (χ1v) is 9.88. The van der Waals surface area contributed by atoms with E-state index in [1.54, 1.807) is 32.4 Å². The monoisotopic (exact) mass is 527 g/mol. The second kappa shape index (κ2) is 12.6. The first kappa shape index (κ1) is 26.0. The van der Waals surface area contributed by atoms with Gasteiger partial charge in [0.05, 0.1) is 26.9 Å². The Labute approximate surface area is 197 Å². The molecule has 6 nitrogen and oxygen atoms in total. The fourth-order valence-electron chi connectivity index (χ4n) is 2.93. The smallest absolute Gasteiger partial charge is 0.191 e. The van der Waals surface area contributed by atoms with Crippen LogP contribution in [0.3, 0.4) is 0 Å². The Morgan fingerprint density at radius 3 is 2.17 bits per heavy atom. The van der Waals surface area contributed by atoms with Crippen molar-refractivity contribution in [2.24, 2.45) is 4.99 Å². The van der Waals surface area contributed by atoms with E-state index < -0.39 is 6.10 Å². The fourth-order valence-corrected chi connectivity index (χ4v) is 2.93. The van der Waals surface area contributed by atoms with Crippen molar-refractivity contribution in [3.63, 3.8) is 0 Å². The number of guanidine groups is 1. The zero-order chi connectivity index (χ0) is 21.3. The normalized spacial score (nSPS) is 12.5. The summed E-state index contributed by atoms with van der Waals surface area (Å²) in [6.07, 6.45) is -0.731. The number of halogens is 1. The molecule has 1 atom stereocenters. The molecule has 0 bridgehead atoms. The molecule has 0 aliphatic heterocycles. The van der Waals surface area contributed by atoms with Crippen molar-refractivity contribution >= 4 is 29.9 Å². The summed E-state index contributed by atoms with van der Waals surface area (Å²) in [6, 6.07) is 15.7. The predicted octanol–water partition coefficient (Wildman–Crippen LogP) is 3.89. The van der Waals surface area contributed by atoms with Crippen LogP contribution in [-0.2, 0) is 5.41 Å². The minimum absolute atomic E-state index is 0. The van der Waals surface area contributed by atoms with Gasteiger partial charge in [0.1, 0.15) is 11.5 Å². The minimum atomic E-state index is -0.731. The van der Waals surface area contributed by atoms with Crippen molar-refractivity contribution in [3.05, 3.63) is 59.7 Å². The van der Waals surface area contributed by atoms with E-state index >= 15 is 0 Å². The van der Waals surface area contributed by atoms with E-state index in [0.29, 0.717) is 36.1 Å². The van der Waals surface area contributed by atoms with Gasteiger partial charge in [0.2, 0.25) is 0 Å². The summed E-state index contributed by atoms with van der Waals surface area (Å²) in [6.45, 7) is 8.03. The summed E-state index contributed by atoms with van der Waals surface area (Å²) in [4.78, 5) is 4.73. The quantitative estimate of drug-likeness (QED) is 0.262. The Morgan fingerprint density at radius 2 is 1.63 bits per heavy atom. The topological polar surface area (TPSA) is 75.1 Å². The summed E-state index contributed by atoms with van der Waals surface area (Å²) >= 11 is 0. The van der Waals surface area contributed by atoms with Gasteiger partial charge < -0.3 is 25.2 Å². The Bertz CT molecular complexity index is 775. The largest absolute Gasteiger partial charge is 0.497 e. The van der Waals surface area contributed by atoms with Gasteiger partial charge in [-0.15, -0.1) is 24.0 Å². The molecule has 7 heteroatoms. The summed E-state index contributed by atoms with van der Waals surface area (Å²) < 4.78 is 10.6. The minimum Gasteiger partial charge on any atom is -0.497 e. The molecule has 0 aliphatic rings. The molecule has 0 saturated heterocycles. The molecule has 1 unspecified atom stereocenters. The number of nitrogens with one attached hydrogen (secondary N) is 2. The molecule has 0 spiro atoms. The number of ether oxygens (including phenoxy) is 2. The van der Waals surface area contributed by atoms with Crippen molar-refractivity contribution in [1.82, 2.24) is 10.6 Å². The molecule has 166 valence electrons. The number of aliphatic imine (C=N–C) groups is 1. The van der Waals surface area contributed by atoms with E-state index in [4.69, 9.17) is 14.5 Å². The Morgan fingerprint density at radius 1 is 1.03 bits per heavy atom.